The van der Waals surface area contributed by atoms with Gasteiger partial charge in [0.2, 0.25) is 0 Å². The van der Waals surface area contributed by atoms with E-state index in [4.69, 9.17) is 4.74 Å². The summed E-state index contributed by atoms with van der Waals surface area (Å²) in [7, 11) is 0. The van der Waals surface area contributed by atoms with Gasteiger partial charge < -0.3 is 4.74 Å². The number of hydrogen-bond donors (Lipinski definition) is 0. The molecule has 0 saturated carbocycles. The van der Waals surface area contributed by atoms with Crippen molar-refractivity contribution in [2.75, 3.05) is 0 Å². The van der Waals surface area contributed by atoms with E-state index >= 15 is 0 Å². The average molecular weight is 194 g/mol. The lowest BCUT2D eigenvalue weighted by molar-refractivity contribution is 0.482. The van der Waals surface area contributed by atoms with E-state index in [1.165, 1.54) is 11.1 Å². The van der Waals surface area contributed by atoms with E-state index in [2.05, 4.69) is 36.4 Å². The molecule has 72 valence electrons. The highest BCUT2D eigenvalue weighted by atomic mass is 16.5. The van der Waals surface area contributed by atoms with E-state index in [-0.39, 0.29) is 0 Å². The molecule has 15 heavy (non-hydrogen) atoms. The highest BCUT2D eigenvalue weighted by Gasteiger charge is 1.99. The van der Waals surface area contributed by atoms with Gasteiger partial charge in [0.1, 0.15) is 11.5 Å². The third kappa shape index (κ3) is 1.64. The third-order valence-corrected chi connectivity index (χ3v) is 2.46. The van der Waals surface area contributed by atoms with Crippen molar-refractivity contribution in [3.05, 3.63) is 59.7 Å². The van der Waals surface area contributed by atoms with Gasteiger partial charge in [0, 0.05) is 0 Å². The Morgan fingerprint density at radius 3 is 1.33 bits per heavy atom. The number of benzene rings is 2. The van der Waals surface area contributed by atoms with Gasteiger partial charge >= 0.3 is 0 Å². The van der Waals surface area contributed by atoms with E-state index in [1.54, 1.807) is 0 Å². The van der Waals surface area contributed by atoms with Crippen molar-refractivity contribution in [1.82, 2.24) is 0 Å². The van der Waals surface area contributed by atoms with Crippen LogP contribution in [0.15, 0.2) is 48.5 Å². The molecule has 0 atom stereocenters. The predicted octanol–water partition coefficient (Wildman–Crippen LogP) is 3.96. The number of rotatable bonds is 0. The molecule has 4 bridgehead atoms. The van der Waals surface area contributed by atoms with E-state index in [0.717, 1.165) is 11.5 Å². The molecule has 1 heteroatoms. The van der Waals surface area contributed by atoms with Crippen molar-refractivity contribution in [1.29, 1.82) is 0 Å². The normalized spacial score (nSPS) is 14.4. The van der Waals surface area contributed by atoms with Gasteiger partial charge in [0.05, 0.1) is 0 Å². The van der Waals surface area contributed by atoms with Crippen molar-refractivity contribution in [3.8, 4) is 11.5 Å². The third-order valence-electron chi connectivity index (χ3n) is 2.46. The first-order chi connectivity index (χ1) is 7.40. The minimum atomic E-state index is 0.877. The van der Waals surface area contributed by atoms with Crippen LogP contribution in [0.1, 0.15) is 11.1 Å². The highest BCUT2D eigenvalue weighted by molar-refractivity contribution is 5.70. The van der Waals surface area contributed by atoms with Crippen molar-refractivity contribution in [2.45, 2.75) is 0 Å². The summed E-state index contributed by atoms with van der Waals surface area (Å²) < 4.78 is 5.69. The minimum absolute atomic E-state index is 0.877. The molecule has 2 aromatic rings. The van der Waals surface area contributed by atoms with Crippen LogP contribution >= 0.6 is 0 Å². The summed E-state index contributed by atoms with van der Waals surface area (Å²) in [5.74, 6) is 1.75. The second-order valence-corrected chi connectivity index (χ2v) is 3.57. The quantitative estimate of drug-likeness (QED) is 0.526. The lowest BCUT2D eigenvalue weighted by atomic mass is 10.1. The molecule has 4 aliphatic heterocycles. The predicted molar refractivity (Wildman–Crippen MR) is 61.9 cm³/mol. The molecule has 0 N–H and O–H groups in total. The zero-order chi connectivity index (χ0) is 10.1. The van der Waals surface area contributed by atoms with Gasteiger partial charge in [-0.05, 0) is 35.4 Å². The molecule has 0 amide bonds. The highest BCUT2D eigenvalue weighted by Crippen LogP contribution is 2.24. The summed E-state index contributed by atoms with van der Waals surface area (Å²) in [4.78, 5) is 0. The van der Waals surface area contributed by atoms with Gasteiger partial charge in [-0.15, -0.1) is 0 Å². The van der Waals surface area contributed by atoms with Gasteiger partial charge in [-0.1, -0.05) is 36.4 Å². The second-order valence-electron chi connectivity index (χ2n) is 3.57. The van der Waals surface area contributed by atoms with Crippen LogP contribution in [-0.2, 0) is 0 Å². The zero-order valence-corrected chi connectivity index (χ0v) is 8.18. The van der Waals surface area contributed by atoms with Crippen molar-refractivity contribution >= 4 is 12.2 Å². The standard InChI is InChI=1S/C14H10O/c1-2-12-5-9-14(10-6-12)15-13-7-3-11(1)4-8-13/h1-10H/b2-1+. The molecule has 0 aromatic heterocycles. The molecule has 0 unspecified atom stereocenters. The fraction of sp³-hybridized carbons (Fsp3) is 0. The lowest BCUT2D eigenvalue weighted by Crippen LogP contribution is -1.82. The summed E-state index contributed by atoms with van der Waals surface area (Å²) in [6, 6.07) is 16.1. The molecule has 6 rings (SSSR count). The van der Waals surface area contributed by atoms with Gasteiger partial charge in [0.25, 0.3) is 0 Å². The smallest absolute Gasteiger partial charge is 0.127 e. The van der Waals surface area contributed by atoms with Crippen molar-refractivity contribution in [3.63, 3.8) is 0 Å². The number of ether oxygens (including phenoxy) is 1. The summed E-state index contributed by atoms with van der Waals surface area (Å²) in [6.45, 7) is 0. The van der Waals surface area contributed by atoms with Gasteiger partial charge in [-0.3, -0.25) is 0 Å². The molecular weight excluding hydrogens is 184 g/mol. The van der Waals surface area contributed by atoms with Crippen LogP contribution in [0.25, 0.3) is 12.2 Å². The van der Waals surface area contributed by atoms with Crippen LogP contribution in [0, 0.1) is 0 Å². The molecule has 0 radical (unpaired) electrons. The lowest BCUT2D eigenvalue weighted by Gasteiger charge is -2.04. The second kappa shape index (κ2) is 3.28. The van der Waals surface area contributed by atoms with E-state index in [1.807, 2.05) is 24.3 Å². The maximum atomic E-state index is 5.69. The molecule has 0 fully saturated rings. The van der Waals surface area contributed by atoms with Gasteiger partial charge in [-0.25, -0.2) is 0 Å². The average Bonchev–Trinajstić information content (AvgIpc) is 2.39. The molecule has 4 heterocycles. The largest absolute Gasteiger partial charge is 0.457 e. The van der Waals surface area contributed by atoms with E-state index in [0.29, 0.717) is 0 Å². The van der Waals surface area contributed by atoms with Crippen molar-refractivity contribution in [2.24, 2.45) is 0 Å². The molecule has 4 aliphatic rings. The van der Waals surface area contributed by atoms with Crippen LogP contribution in [0.4, 0.5) is 0 Å². The first kappa shape index (κ1) is 8.30. The Labute approximate surface area is 88.6 Å². The van der Waals surface area contributed by atoms with Gasteiger partial charge in [-0.2, -0.15) is 0 Å². The Balaban J connectivity index is 2.20. The van der Waals surface area contributed by atoms with Crippen LogP contribution in [0.3, 0.4) is 0 Å². The SMILES string of the molecule is C1=C/c2ccc(cc2)Oc2ccc/1cc2. The zero-order valence-electron chi connectivity index (χ0n) is 8.18. The monoisotopic (exact) mass is 194 g/mol. The van der Waals surface area contributed by atoms with Crippen LogP contribution in [0.5, 0.6) is 11.5 Å². The Morgan fingerprint density at radius 1 is 0.533 bits per heavy atom. The summed E-state index contributed by atoms with van der Waals surface area (Å²) in [5, 5.41) is 0. The van der Waals surface area contributed by atoms with Crippen LogP contribution in [0.2, 0.25) is 0 Å². The summed E-state index contributed by atoms with van der Waals surface area (Å²) in [6.07, 6.45) is 4.20. The number of hydrogen-bond acceptors (Lipinski definition) is 1. The fourth-order valence-corrected chi connectivity index (χ4v) is 1.62. The molecule has 0 saturated heterocycles. The Bertz CT molecular complexity index is 444. The van der Waals surface area contributed by atoms with Crippen LogP contribution < -0.4 is 4.74 Å². The Kier molecular flexibility index (Phi) is 1.82. The van der Waals surface area contributed by atoms with E-state index < -0.39 is 0 Å². The van der Waals surface area contributed by atoms with E-state index in [9.17, 15) is 0 Å². The minimum Gasteiger partial charge on any atom is -0.457 e. The molecule has 0 aliphatic carbocycles. The first-order valence-electron chi connectivity index (χ1n) is 4.96. The molecule has 2 aromatic carbocycles. The molecule has 1 nitrogen and oxygen atoms in total. The van der Waals surface area contributed by atoms with Crippen molar-refractivity contribution < 1.29 is 4.74 Å². The maximum Gasteiger partial charge on any atom is 0.127 e. The summed E-state index contributed by atoms with van der Waals surface area (Å²) >= 11 is 0. The molecule has 0 spiro atoms. The maximum absolute atomic E-state index is 5.69. The fourth-order valence-electron chi connectivity index (χ4n) is 1.62. The van der Waals surface area contributed by atoms with Crippen LogP contribution in [-0.4, -0.2) is 0 Å². The van der Waals surface area contributed by atoms with Gasteiger partial charge in [0.15, 0.2) is 0 Å². The first-order valence-corrected chi connectivity index (χ1v) is 4.96. The Morgan fingerprint density at radius 2 is 0.933 bits per heavy atom. The Hall–Kier alpha value is -2.02. The topological polar surface area (TPSA) is 9.23 Å². The molecular formula is C14H10O. The summed E-state index contributed by atoms with van der Waals surface area (Å²) in [5.41, 5.74) is 2.37.